The lowest BCUT2D eigenvalue weighted by atomic mass is 9.97. The molecule has 0 spiro atoms. The third kappa shape index (κ3) is 6.31. The van der Waals surface area contributed by atoms with E-state index < -0.39 is 0 Å². The first-order chi connectivity index (χ1) is 13.5. The van der Waals surface area contributed by atoms with Gasteiger partial charge in [0.15, 0.2) is 0 Å². The van der Waals surface area contributed by atoms with Crippen molar-refractivity contribution in [3.05, 3.63) is 35.4 Å². The predicted octanol–water partition coefficient (Wildman–Crippen LogP) is 1.94. The third-order valence-corrected chi connectivity index (χ3v) is 5.76. The van der Waals surface area contributed by atoms with E-state index in [1.807, 2.05) is 6.07 Å². The van der Waals surface area contributed by atoms with Gasteiger partial charge in [0.2, 0.25) is 11.8 Å². The van der Waals surface area contributed by atoms with Crippen molar-refractivity contribution in [1.29, 1.82) is 0 Å². The summed E-state index contributed by atoms with van der Waals surface area (Å²) in [6.07, 6.45) is 1.84. The molecule has 2 unspecified atom stereocenters. The molecule has 28 heavy (non-hydrogen) atoms. The molecular weight excluding hydrogens is 352 g/mol. The van der Waals surface area contributed by atoms with E-state index in [1.165, 1.54) is 0 Å². The summed E-state index contributed by atoms with van der Waals surface area (Å²) in [7, 11) is 0. The number of nitrogens with one attached hydrogen (secondary N) is 4. The van der Waals surface area contributed by atoms with Gasteiger partial charge in [-0.25, -0.2) is 0 Å². The smallest absolute Gasteiger partial charge is 0.237 e. The molecular formula is C22H36N4O2. The number of hydrogen-bond acceptors (Lipinski definition) is 4. The standard InChI is InChI=1S/C22H36N4O2/c1-5-15(3)19-21(27)23-10-11-24-22(28)20(16(4)6-2)26-14-18-9-7-8-17(12-18)13-25-19/h7-9,12,15-16,19-20,25-26H,5-6,10-11,13-14H2,1-4H3,(H,23,27)(H,24,28)/t15?,16?,19-,20-/m0/s1. The van der Waals surface area contributed by atoms with Crippen LogP contribution in [-0.4, -0.2) is 37.0 Å². The lowest BCUT2D eigenvalue weighted by Crippen LogP contribution is -2.51. The normalized spacial score (nSPS) is 24.3. The second-order valence-corrected chi connectivity index (χ2v) is 7.89. The highest BCUT2D eigenvalue weighted by molar-refractivity contribution is 5.83. The summed E-state index contributed by atoms with van der Waals surface area (Å²) < 4.78 is 0. The van der Waals surface area contributed by atoms with E-state index in [-0.39, 0.29) is 35.7 Å². The van der Waals surface area contributed by atoms with Gasteiger partial charge in [-0.2, -0.15) is 0 Å². The van der Waals surface area contributed by atoms with Crippen LogP contribution in [0.1, 0.15) is 51.7 Å². The fraction of sp³-hybridized carbons (Fsp3) is 0.636. The first-order valence-corrected chi connectivity index (χ1v) is 10.6. The number of hydrogen-bond donors (Lipinski definition) is 4. The summed E-state index contributed by atoms with van der Waals surface area (Å²) >= 11 is 0. The van der Waals surface area contributed by atoms with Crippen molar-refractivity contribution in [1.82, 2.24) is 21.3 Å². The van der Waals surface area contributed by atoms with Gasteiger partial charge in [-0.1, -0.05) is 64.8 Å². The van der Waals surface area contributed by atoms with Crippen molar-refractivity contribution < 1.29 is 9.59 Å². The Bertz CT molecular complexity index is 598. The molecule has 1 aliphatic heterocycles. The maximum Gasteiger partial charge on any atom is 0.237 e. The molecule has 2 amide bonds. The first kappa shape index (κ1) is 22.4. The van der Waals surface area contributed by atoms with E-state index in [9.17, 15) is 9.59 Å². The number of fused-ring (bicyclic) bond motifs is 2. The van der Waals surface area contributed by atoms with Crippen LogP contribution in [-0.2, 0) is 22.7 Å². The zero-order valence-electron chi connectivity index (χ0n) is 17.7. The number of carbonyl (C=O) groups excluding carboxylic acids is 2. The van der Waals surface area contributed by atoms with Crippen molar-refractivity contribution in [3.8, 4) is 0 Å². The molecule has 0 radical (unpaired) electrons. The summed E-state index contributed by atoms with van der Waals surface area (Å²) in [6, 6.07) is 7.80. The van der Waals surface area contributed by atoms with E-state index in [0.717, 1.165) is 24.0 Å². The second-order valence-electron chi connectivity index (χ2n) is 7.89. The fourth-order valence-corrected chi connectivity index (χ4v) is 3.47. The van der Waals surface area contributed by atoms with Crippen LogP contribution in [0.2, 0.25) is 0 Å². The van der Waals surface area contributed by atoms with Crippen LogP contribution >= 0.6 is 0 Å². The minimum absolute atomic E-state index is 0.00812. The maximum absolute atomic E-state index is 12.7. The van der Waals surface area contributed by atoms with Crippen LogP contribution in [0.4, 0.5) is 0 Å². The molecule has 6 heteroatoms. The largest absolute Gasteiger partial charge is 0.353 e. The molecule has 1 heterocycles. The lowest BCUT2D eigenvalue weighted by Gasteiger charge is -2.24. The van der Waals surface area contributed by atoms with Gasteiger partial charge in [-0.05, 0) is 23.0 Å². The Morgan fingerprint density at radius 3 is 1.68 bits per heavy atom. The van der Waals surface area contributed by atoms with Crippen LogP contribution in [0.15, 0.2) is 24.3 Å². The summed E-state index contributed by atoms with van der Waals surface area (Å²) in [6.45, 7) is 10.5. The molecule has 1 aromatic carbocycles. The molecule has 1 aliphatic rings. The minimum Gasteiger partial charge on any atom is -0.353 e. The van der Waals surface area contributed by atoms with Gasteiger partial charge in [0.05, 0.1) is 12.1 Å². The van der Waals surface area contributed by atoms with Gasteiger partial charge in [-0.3, -0.25) is 9.59 Å². The topological polar surface area (TPSA) is 82.3 Å². The van der Waals surface area contributed by atoms with Crippen LogP contribution in [0, 0.1) is 11.8 Å². The Hall–Kier alpha value is -1.92. The van der Waals surface area contributed by atoms with Gasteiger partial charge in [0.1, 0.15) is 0 Å². The van der Waals surface area contributed by atoms with Crippen molar-refractivity contribution >= 4 is 11.8 Å². The van der Waals surface area contributed by atoms with E-state index in [0.29, 0.717) is 26.2 Å². The Labute approximate surface area is 169 Å². The van der Waals surface area contributed by atoms with E-state index in [2.05, 4.69) is 67.2 Å². The Balaban J connectivity index is 2.21. The molecule has 4 atom stereocenters. The zero-order chi connectivity index (χ0) is 20.5. The van der Waals surface area contributed by atoms with Gasteiger partial charge in [0.25, 0.3) is 0 Å². The molecule has 0 saturated heterocycles. The molecule has 0 aliphatic carbocycles. The molecule has 2 rings (SSSR count). The average Bonchev–Trinajstić information content (AvgIpc) is 2.70. The molecule has 156 valence electrons. The van der Waals surface area contributed by atoms with Crippen molar-refractivity contribution in [3.63, 3.8) is 0 Å². The van der Waals surface area contributed by atoms with E-state index >= 15 is 0 Å². The third-order valence-electron chi connectivity index (χ3n) is 5.76. The summed E-state index contributed by atoms with van der Waals surface area (Å²) in [4.78, 5) is 25.4. The highest BCUT2D eigenvalue weighted by Crippen LogP contribution is 2.13. The molecule has 6 nitrogen and oxygen atoms in total. The van der Waals surface area contributed by atoms with E-state index in [4.69, 9.17) is 0 Å². The monoisotopic (exact) mass is 388 g/mol. The lowest BCUT2D eigenvalue weighted by molar-refractivity contribution is -0.126. The number of amides is 2. The van der Waals surface area contributed by atoms with Crippen LogP contribution in [0.5, 0.6) is 0 Å². The Kier molecular flexibility index (Phi) is 8.93. The van der Waals surface area contributed by atoms with Gasteiger partial charge in [0, 0.05) is 26.2 Å². The Morgan fingerprint density at radius 1 is 0.857 bits per heavy atom. The Morgan fingerprint density at radius 2 is 1.29 bits per heavy atom. The number of benzene rings is 1. The van der Waals surface area contributed by atoms with Crippen molar-refractivity contribution in [2.24, 2.45) is 11.8 Å². The number of rotatable bonds is 4. The van der Waals surface area contributed by atoms with Gasteiger partial charge in [-0.15, -0.1) is 0 Å². The quantitative estimate of drug-likeness (QED) is 0.635. The number of carbonyl (C=O) groups is 2. The molecule has 0 fully saturated rings. The SMILES string of the molecule is CCC(C)[C@@H]1NCc2cccc(c2)CN[C@@H](C(C)CC)C(=O)NCCNC1=O. The highest BCUT2D eigenvalue weighted by atomic mass is 16.2. The molecule has 0 aromatic heterocycles. The minimum atomic E-state index is -0.250. The molecule has 4 N–H and O–H groups in total. The zero-order valence-corrected chi connectivity index (χ0v) is 17.7. The van der Waals surface area contributed by atoms with Crippen LogP contribution < -0.4 is 21.3 Å². The fourth-order valence-electron chi connectivity index (χ4n) is 3.47. The van der Waals surface area contributed by atoms with Crippen molar-refractivity contribution in [2.45, 2.75) is 65.7 Å². The predicted molar refractivity (Wildman–Crippen MR) is 113 cm³/mol. The highest BCUT2D eigenvalue weighted by Gasteiger charge is 2.25. The maximum atomic E-state index is 12.7. The summed E-state index contributed by atoms with van der Waals surface area (Å²) in [5, 5.41) is 12.8. The van der Waals surface area contributed by atoms with Crippen molar-refractivity contribution in [2.75, 3.05) is 13.1 Å². The van der Waals surface area contributed by atoms with Gasteiger partial charge < -0.3 is 21.3 Å². The van der Waals surface area contributed by atoms with E-state index in [1.54, 1.807) is 0 Å². The van der Waals surface area contributed by atoms with Crippen LogP contribution in [0.25, 0.3) is 0 Å². The summed E-state index contributed by atoms with van der Waals surface area (Å²) in [5.74, 6) is 0.437. The average molecular weight is 389 g/mol. The van der Waals surface area contributed by atoms with Gasteiger partial charge >= 0.3 is 0 Å². The summed E-state index contributed by atoms with van der Waals surface area (Å²) in [5.41, 5.74) is 2.28. The molecule has 0 saturated carbocycles. The first-order valence-electron chi connectivity index (χ1n) is 10.6. The van der Waals surface area contributed by atoms with Crippen LogP contribution in [0.3, 0.4) is 0 Å². The molecule has 2 bridgehead atoms. The second kappa shape index (κ2) is 11.2. The molecule has 1 aromatic rings.